The van der Waals surface area contributed by atoms with E-state index in [-0.39, 0.29) is 0 Å². The Kier molecular flexibility index (Phi) is 10.3. The smallest absolute Gasteiger partial charge is 0.234 e. The van der Waals surface area contributed by atoms with E-state index in [9.17, 15) is 4.79 Å². The molecule has 1 atom stereocenters. The summed E-state index contributed by atoms with van der Waals surface area (Å²) in [5.41, 5.74) is 0. The van der Waals surface area contributed by atoms with E-state index in [1.165, 1.54) is 24.9 Å². The molecule has 82 valence electrons. The number of isocyanates is 1. The van der Waals surface area contributed by atoms with Crippen molar-refractivity contribution in [1.29, 1.82) is 0 Å². The van der Waals surface area contributed by atoms with Gasteiger partial charge in [0.2, 0.25) is 6.08 Å². The summed E-state index contributed by atoms with van der Waals surface area (Å²) in [6.45, 7) is 2.84. The molecule has 1 unspecified atom stereocenters. The number of nitrogens with zero attached hydrogens (tertiary/aromatic N) is 1. The van der Waals surface area contributed by atoms with E-state index in [0.717, 1.165) is 12.8 Å². The maximum atomic E-state index is 9.79. The Bertz CT molecular complexity index is 170. The standard InChI is InChI=1S/C10H21NO2Si/c1-3-4-8-14(13-2)9-6-5-7-11-10-12/h14H,3-9H2,1-2H3. The van der Waals surface area contributed by atoms with Gasteiger partial charge >= 0.3 is 0 Å². The minimum Gasteiger partial charge on any atom is -0.423 e. The average molecular weight is 215 g/mol. The predicted octanol–water partition coefficient (Wildman–Crippen LogP) is 2.27. The van der Waals surface area contributed by atoms with Crippen LogP contribution in [-0.4, -0.2) is 28.8 Å². The van der Waals surface area contributed by atoms with Gasteiger partial charge in [0, 0.05) is 7.11 Å². The SMILES string of the molecule is CCCC[SiH](CCCCN=C=O)OC. The Morgan fingerprint density at radius 2 is 2.00 bits per heavy atom. The predicted molar refractivity (Wildman–Crippen MR) is 60.9 cm³/mol. The largest absolute Gasteiger partial charge is 0.423 e. The second-order valence-electron chi connectivity index (χ2n) is 3.47. The molecule has 0 bridgehead atoms. The van der Waals surface area contributed by atoms with Crippen molar-refractivity contribution in [1.82, 2.24) is 0 Å². The molecule has 0 aliphatic rings. The highest BCUT2D eigenvalue weighted by molar-refractivity contribution is 6.51. The molecule has 0 N–H and O–H groups in total. The van der Waals surface area contributed by atoms with Gasteiger partial charge < -0.3 is 4.43 Å². The van der Waals surface area contributed by atoms with E-state index in [4.69, 9.17) is 4.43 Å². The highest BCUT2D eigenvalue weighted by atomic mass is 28.3. The van der Waals surface area contributed by atoms with E-state index in [0.29, 0.717) is 6.54 Å². The third-order valence-electron chi connectivity index (χ3n) is 2.32. The van der Waals surface area contributed by atoms with Gasteiger partial charge in [0.05, 0.1) is 6.54 Å². The Balaban J connectivity index is 3.37. The zero-order chi connectivity index (χ0) is 10.6. The first-order valence-corrected chi connectivity index (χ1v) is 7.52. The van der Waals surface area contributed by atoms with Gasteiger partial charge in [-0.05, 0) is 18.5 Å². The molecule has 0 heterocycles. The van der Waals surface area contributed by atoms with Crippen LogP contribution in [0.1, 0.15) is 32.6 Å². The lowest BCUT2D eigenvalue weighted by atomic mass is 10.3. The van der Waals surface area contributed by atoms with Crippen LogP contribution in [-0.2, 0) is 9.22 Å². The van der Waals surface area contributed by atoms with Crippen molar-refractivity contribution in [3.63, 3.8) is 0 Å². The fraction of sp³-hybridized carbons (Fsp3) is 0.900. The molecule has 0 saturated heterocycles. The number of hydrogen-bond acceptors (Lipinski definition) is 3. The molecular formula is C10H21NO2Si. The maximum Gasteiger partial charge on any atom is 0.234 e. The van der Waals surface area contributed by atoms with Crippen molar-refractivity contribution >= 4 is 15.1 Å². The van der Waals surface area contributed by atoms with Gasteiger partial charge in [0.25, 0.3) is 0 Å². The molecule has 0 fully saturated rings. The van der Waals surface area contributed by atoms with Gasteiger partial charge in [0.15, 0.2) is 9.04 Å². The third kappa shape index (κ3) is 8.17. The van der Waals surface area contributed by atoms with Crippen LogP contribution in [0.25, 0.3) is 0 Å². The number of hydrogen-bond donors (Lipinski definition) is 0. The topological polar surface area (TPSA) is 38.7 Å². The lowest BCUT2D eigenvalue weighted by Gasteiger charge is -2.11. The molecule has 3 nitrogen and oxygen atoms in total. The summed E-state index contributed by atoms with van der Waals surface area (Å²) < 4.78 is 5.49. The second kappa shape index (κ2) is 10.6. The highest BCUT2D eigenvalue weighted by Gasteiger charge is 2.08. The van der Waals surface area contributed by atoms with E-state index in [1.54, 1.807) is 6.08 Å². The van der Waals surface area contributed by atoms with E-state index >= 15 is 0 Å². The summed E-state index contributed by atoms with van der Waals surface area (Å²) in [7, 11) is 0.907. The zero-order valence-corrected chi connectivity index (χ0v) is 10.4. The van der Waals surface area contributed by atoms with Crippen LogP contribution in [0, 0.1) is 0 Å². The second-order valence-corrected chi connectivity index (χ2v) is 6.34. The van der Waals surface area contributed by atoms with Crippen LogP contribution >= 0.6 is 0 Å². The number of unbranched alkanes of at least 4 members (excludes halogenated alkanes) is 2. The number of aliphatic imine (C=N–C) groups is 1. The molecule has 0 saturated carbocycles. The van der Waals surface area contributed by atoms with E-state index in [1.807, 2.05) is 7.11 Å². The Morgan fingerprint density at radius 1 is 1.29 bits per heavy atom. The van der Waals surface area contributed by atoms with Gasteiger partial charge in [-0.3, -0.25) is 0 Å². The summed E-state index contributed by atoms with van der Waals surface area (Å²) >= 11 is 0. The first-order valence-electron chi connectivity index (χ1n) is 5.41. The molecule has 0 aromatic heterocycles. The Morgan fingerprint density at radius 3 is 2.57 bits per heavy atom. The molecule has 4 heteroatoms. The van der Waals surface area contributed by atoms with Crippen LogP contribution < -0.4 is 0 Å². The molecule has 0 aromatic rings. The van der Waals surface area contributed by atoms with Crippen LogP contribution in [0.3, 0.4) is 0 Å². The van der Waals surface area contributed by atoms with E-state index in [2.05, 4.69) is 11.9 Å². The third-order valence-corrected chi connectivity index (χ3v) is 5.09. The molecule has 0 radical (unpaired) electrons. The molecule has 0 amide bonds. The summed E-state index contributed by atoms with van der Waals surface area (Å²) in [6, 6.07) is 2.49. The van der Waals surface area contributed by atoms with Crippen LogP contribution in [0.4, 0.5) is 0 Å². The average Bonchev–Trinajstić information content (AvgIpc) is 2.22. The van der Waals surface area contributed by atoms with Crippen molar-refractivity contribution in [2.45, 2.75) is 44.7 Å². The molecule has 0 aliphatic heterocycles. The molecular weight excluding hydrogens is 194 g/mol. The Hall–Kier alpha value is -0.443. The summed E-state index contributed by atoms with van der Waals surface area (Å²) in [4.78, 5) is 13.3. The van der Waals surface area contributed by atoms with Gasteiger partial charge in [-0.15, -0.1) is 0 Å². The van der Waals surface area contributed by atoms with Crippen molar-refractivity contribution in [3.8, 4) is 0 Å². The summed E-state index contributed by atoms with van der Waals surface area (Å²) in [6.07, 6.45) is 6.23. The molecule has 0 aromatic carbocycles. The molecule has 14 heavy (non-hydrogen) atoms. The first kappa shape index (κ1) is 13.6. The fourth-order valence-corrected chi connectivity index (χ4v) is 3.79. The van der Waals surface area contributed by atoms with E-state index < -0.39 is 9.04 Å². The first-order chi connectivity index (χ1) is 6.85. The van der Waals surface area contributed by atoms with Crippen molar-refractivity contribution < 1.29 is 9.22 Å². The fourth-order valence-electron chi connectivity index (χ4n) is 1.42. The molecule has 0 aliphatic carbocycles. The molecule has 0 spiro atoms. The lowest BCUT2D eigenvalue weighted by molar-refractivity contribution is 0.413. The lowest BCUT2D eigenvalue weighted by Crippen LogP contribution is -2.15. The quantitative estimate of drug-likeness (QED) is 0.256. The van der Waals surface area contributed by atoms with Gasteiger partial charge in [0.1, 0.15) is 0 Å². The zero-order valence-electron chi connectivity index (χ0n) is 9.29. The van der Waals surface area contributed by atoms with Gasteiger partial charge in [-0.2, -0.15) is 0 Å². The van der Waals surface area contributed by atoms with Crippen LogP contribution in [0.2, 0.25) is 12.1 Å². The van der Waals surface area contributed by atoms with Crippen molar-refractivity contribution in [3.05, 3.63) is 0 Å². The minimum atomic E-state index is -0.922. The van der Waals surface area contributed by atoms with Crippen LogP contribution in [0.15, 0.2) is 4.99 Å². The minimum absolute atomic E-state index is 0.627. The van der Waals surface area contributed by atoms with Crippen LogP contribution in [0.5, 0.6) is 0 Å². The Labute approximate surface area is 88.3 Å². The maximum absolute atomic E-state index is 9.79. The molecule has 0 rings (SSSR count). The number of carbonyl (C=O) groups excluding carboxylic acids is 1. The van der Waals surface area contributed by atoms with Crippen molar-refractivity contribution in [2.75, 3.05) is 13.7 Å². The highest BCUT2D eigenvalue weighted by Crippen LogP contribution is 2.10. The van der Waals surface area contributed by atoms with Gasteiger partial charge in [-0.1, -0.05) is 26.2 Å². The summed E-state index contributed by atoms with van der Waals surface area (Å²) in [5, 5.41) is 0. The number of rotatable bonds is 9. The van der Waals surface area contributed by atoms with Gasteiger partial charge in [-0.25, -0.2) is 9.79 Å². The van der Waals surface area contributed by atoms with Crippen molar-refractivity contribution in [2.24, 2.45) is 4.99 Å². The monoisotopic (exact) mass is 215 g/mol. The summed E-state index contributed by atoms with van der Waals surface area (Å²) in [5.74, 6) is 0. The normalized spacial score (nSPS) is 12.1.